The smallest absolute Gasteiger partial charge is 0.0991 e. The monoisotopic (exact) mass is 262 g/mol. The molecular weight excluding hydrogens is 244 g/mol. The van der Waals surface area contributed by atoms with Gasteiger partial charge in [0.15, 0.2) is 0 Å². The van der Waals surface area contributed by atoms with E-state index in [0.29, 0.717) is 18.2 Å². The summed E-state index contributed by atoms with van der Waals surface area (Å²) in [6.45, 7) is 0.650. The molecule has 1 N–H and O–H groups in total. The number of rotatable bonds is 4. The molecule has 0 radical (unpaired) electrons. The third-order valence-corrected chi connectivity index (χ3v) is 4.56. The Morgan fingerprint density at radius 3 is 2.78 bits per heavy atom. The quantitative estimate of drug-likeness (QED) is 0.902. The van der Waals surface area contributed by atoms with Crippen LogP contribution in [-0.2, 0) is 0 Å². The Labute approximate surface area is 112 Å². The Balaban J connectivity index is 1.93. The number of thioether (sulfide) groups is 1. The Bertz CT molecular complexity index is 420. The van der Waals surface area contributed by atoms with Crippen molar-refractivity contribution in [3.8, 4) is 6.07 Å². The largest absolute Gasteiger partial charge is 0.387 e. The van der Waals surface area contributed by atoms with Gasteiger partial charge in [-0.1, -0.05) is 12.1 Å². The SMILES string of the molecule is CN(CC(O)c1ccc(C#N)cc1)C1CCSC1. The Morgan fingerprint density at radius 2 is 2.22 bits per heavy atom. The van der Waals surface area contributed by atoms with Gasteiger partial charge in [-0.2, -0.15) is 17.0 Å². The van der Waals surface area contributed by atoms with Crippen LogP contribution >= 0.6 is 11.8 Å². The van der Waals surface area contributed by atoms with Crippen molar-refractivity contribution in [2.24, 2.45) is 0 Å². The molecule has 0 spiro atoms. The summed E-state index contributed by atoms with van der Waals surface area (Å²) < 4.78 is 0. The van der Waals surface area contributed by atoms with Gasteiger partial charge in [-0.15, -0.1) is 0 Å². The zero-order valence-corrected chi connectivity index (χ0v) is 11.4. The Hall–Kier alpha value is -1.02. The van der Waals surface area contributed by atoms with Crippen molar-refractivity contribution in [1.82, 2.24) is 4.90 Å². The number of benzene rings is 1. The molecule has 0 bridgehead atoms. The van der Waals surface area contributed by atoms with E-state index in [2.05, 4.69) is 18.0 Å². The predicted octanol–water partition coefficient (Wildman–Crippen LogP) is 2.03. The second-order valence-electron chi connectivity index (χ2n) is 4.71. The molecule has 1 aromatic rings. The second-order valence-corrected chi connectivity index (χ2v) is 5.86. The van der Waals surface area contributed by atoms with Crippen LogP contribution in [0.25, 0.3) is 0 Å². The summed E-state index contributed by atoms with van der Waals surface area (Å²) in [4.78, 5) is 2.24. The standard InChI is InChI=1S/C14H18N2OS/c1-16(13-6-7-18-10-13)9-14(17)12-4-2-11(8-15)3-5-12/h2-5,13-14,17H,6-7,9-10H2,1H3. The first-order chi connectivity index (χ1) is 8.70. The Kier molecular flexibility index (Phi) is 4.65. The highest BCUT2D eigenvalue weighted by atomic mass is 32.2. The molecule has 2 unspecified atom stereocenters. The number of nitrogens with zero attached hydrogens (tertiary/aromatic N) is 2. The molecule has 1 aliphatic rings. The van der Waals surface area contributed by atoms with Gasteiger partial charge >= 0.3 is 0 Å². The van der Waals surface area contributed by atoms with Gasteiger partial charge in [0.05, 0.1) is 17.7 Å². The molecule has 1 aliphatic heterocycles. The lowest BCUT2D eigenvalue weighted by Gasteiger charge is -2.26. The summed E-state index contributed by atoms with van der Waals surface area (Å²) in [5.74, 6) is 2.39. The van der Waals surface area contributed by atoms with E-state index < -0.39 is 6.10 Å². The highest BCUT2D eigenvalue weighted by Crippen LogP contribution is 2.23. The van der Waals surface area contributed by atoms with Gasteiger partial charge in [0.25, 0.3) is 0 Å². The fourth-order valence-corrected chi connectivity index (χ4v) is 3.48. The van der Waals surface area contributed by atoms with Crippen LogP contribution in [0.1, 0.15) is 23.7 Å². The number of hydrogen-bond acceptors (Lipinski definition) is 4. The summed E-state index contributed by atoms with van der Waals surface area (Å²) in [5, 5.41) is 18.9. The molecule has 0 aromatic heterocycles. The molecule has 0 saturated carbocycles. The summed E-state index contributed by atoms with van der Waals surface area (Å²) in [6.07, 6.45) is 0.731. The molecule has 2 rings (SSSR count). The molecule has 0 amide bonds. The van der Waals surface area contributed by atoms with Gasteiger partial charge in [0.2, 0.25) is 0 Å². The molecule has 1 saturated heterocycles. The first kappa shape index (κ1) is 13.4. The van der Waals surface area contributed by atoms with E-state index in [0.717, 1.165) is 11.3 Å². The van der Waals surface area contributed by atoms with Crippen LogP contribution in [0.15, 0.2) is 24.3 Å². The summed E-state index contributed by atoms with van der Waals surface area (Å²) in [7, 11) is 2.07. The molecule has 96 valence electrons. The van der Waals surface area contributed by atoms with Crippen LogP contribution in [0.4, 0.5) is 0 Å². The van der Waals surface area contributed by atoms with Gasteiger partial charge in [-0.3, -0.25) is 4.90 Å². The van der Waals surface area contributed by atoms with E-state index in [-0.39, 0.29) is 0 Å². The van der Waals surface area contributed by atoms with Crippen LogP contribution in [0.5, 0.6) is 0 Å². The van der Waals surface area contributed by atoms with Crippen molar-refractivity contribution in [2.75, 3.05) is 25.1 Å². The molecular formula is C14H18N2OS. The lowest BCUT2D eigenvalue weighted by molar-refractivity contribution is 0.110. The predicted molar refractivity (Wildman–Crippen MR) is 74.5 cm³/mol. The molecule has 4 heteroatoms. The average Bonchev–Trinajstić information content (AvgIpc) is 2.92. The summed E-state index contributed by atoms with van der Waals surface area (Å²) >= 11 is 1.98. The van der Waals surface area contributed by atoms with E-state index in [4.69, 9.17) is 5.26 Å². The minimum atomic E-state index is -0.478. The Morgan fingerprint density at radius 1 is 1.50 bits per heavy atom. The highest BCUT2D eigenvalue weighted by Gasteiger charge is 2.22. The van der Waals surface area contributed by atoms with E-state index in [9.17, 15) is 5.11 Å². The summed E-state index contributed by atoms with van der Waals surface area (Å²) in [6, 6.07) is 9.85. The van der Waals surface area contributed by atoms with Gasteiger partial charge < -0.3 is 5.11 Å². The zero-order valence-electron chi connectivity index (χ0n) is 10.5. The van der Waals surface area contributed by atoms with Crippen molar-refractivity contribution in [2.45, 2.75) is 18.6 Å². The fraction of sp³-hybridized carbons (Fsp3) is 0.500. The third kappa shape index (κ3) is 3.26. The van der Waals surface area contributed by atoms with Crippen LogP contribution in [-0.4, -0.2) is 41.1 Å². The maximum atomic E-state index is 10.2. The highest BCUT2D eigenvalue weighted by molar-refractivity contribution is 7.99. The maximum Gasteiger partial charge on any atom is 0.0991 e. The van der Waals surface area contributed by atoms with E-state index >= 15 is 0 Å². The van der Waals surface area contributed by atoms with Gasteiger partial charge in [0.1, 0.15) is 0 Å². The average molecular weight is 262 g/mol. The van der Waals surface area contributed by atoms with Crippen molar-refractivity contribution in [1.29, 1.82) is 5.26 Å². The van der Waals surface area contributed by atoms with Crippen LogP contribution in [0, 0.1) is 11.3 Å². The van der Waals surface area contributed by atoms with Crippen molar-refractivity contribution < 1.29 is 5.11 Å². The number of aliphatic hydroxyl groups excluding tert-OH is 1. The maximum absolute atomic E-state index is 10.2. The topological polar surface area (TPSA) is 47.3 Å². The van der Waals surface area contributed by atoms with Crippen LogP contribution in [0.2, 0.25) is 0 Å². The normalized spacial score (nSPS) is 20.9. The number of nitriles is 1. The molecule has 1 fully saturated rings. The third-order valence-electron chi connectivity index (χ3n) is 3.41. The van der Waals surface area contributed by atoms with Crippen LogP contribution in [0.3, 0.4) is 0 Å². The van der Waals surface area contributed by atoms with Crippen molar-refractivity contribution in [3.63, 3.8) is 0 Å². The summed E-state index contributed by atoms with van der Waals surface area (Å²) in [5.41, 5.74) is 1.51. The molecule has 1 aromatic carbocycles. The molecule has 1 heterocycles. The zero-order chi connectivity index (χ0) is 13.0. The first-order valence-electron chi connectivity index (χ1n) is 6.17. The molecule has 0 aliphatic carbocycles. The van der Waals surface area contributed by atoms with E-state index in [1.807, 2.05) is 23.9 Å². The lowest BCUT2D eigenvalue weighted by Crippen LogP contribution is -2.34. The lowest BCUT2D eigenvalue weighted by atomic mass is 10.1. The second kappa shape index (κ2) is 6.24. The van der Waals surface area contributed by atoms with Crippen LogP contribution < -0.4 is 0 Å². The van der Waals surface area contributed by atoms with Gasteiger partial charge in [0, 0.05) is 18.3 Å². The first-order valence-corrected chi connectivity index (χ1v) is 7.32. The number of likely N-dealkylation sites (N-methyl/N-ethyl adjacent to an activating group) is 1. The fourth-order valence-electron chi connectivity index (χ4n) is 2.18. The molecule has 2 atom stereocenters. The van der Waals surface area contributed by atoms with E-state index in [1.165, 1.54) is 12.2 Å². The minimum absolute atomic E-state index is 0.478. The number of hydrogen-bond donors (Lipinski definition) is 1. The van der Waals surface area contributed by atoms with Crippen molar-refractivity contribution in [3.05, 3.63) is 35.4 Å². The van der Waals surface area contributed by atoms with Gasteiger partial charge in [-0.05, 0) is 36.9 Å². The minimum Gasteiger partial charge on any atom is -0.387 e. The number of aliphatic hydroxyl groups is 1. The molecule has 18 heavy (non-hydrogen) atoms. The molecule has 3 nitrogen and oxygen atoms in total. The van der Waals surface area contributed by atoms with Crippen molar-refractivity contribution >= 4 is 11.8 Å². The van der Waals surface area contributed by atoms with E-state index in [1.54, 1.807) is 12.1 Å². The van der Waals surface area contributed by atoms with Gasteiger partial charge in [-0.25, -0.2) is 0 Å².